The number of aryl methyl sites for hydroxylation is 1. The van der Waals surface area contributed by atoms with Crippen LogP contribution in [-0.4, -0.2) is 25.1 Å². The molecule has 0 amide bonds. The Morgan fingerprint density at radius 1 is 0.775 bits per heavy atom. The number of aromatic nitrogens is 4. The first-order valence-electron chi connectivity index (χ1n) is 12.8. The van der Waals surface area contributed by atoms with E-state index in [1.165, 1.54) is 12.1 Å². The van der Waals surface area contributed by atoms with Crippen molar-refractivity contribution in [2.75, 3.05) is 0 Å². The lowest BCUT2D eigenvalue weighted by Crippen LogP contribution is -1.93. The lowest BCUT2D eigenvalue weighted by Gasteiger charge is -2.14. The zero-order valence-corrected chi connectivity index (χ0v) is 21.2. The first-order valence-corrected chi connectivity index (χ1v) is 12.8. The number of nitrogens with one attached hydrogen (secondary N) is 1. The van der Waals surface area contributed by atoms with Gasteiger partial charge in [-0.2, -0.15) is 5.10 Å². The molecule has 0 fully saturated rings. The van der Waals surface area contributed by atoms with Crippen LogP contribution in [0.4, 0.5) is 5.69 Å². The van der Waals surface area contributed by atoms with Gasteiger partial charge in [0.25, 0.3) is 5.69 Å². The maximum Gasteiger partial charge on any atom is 0.269 e. The molecule has 190 valence electrons. The molecule has 0 aliphatic heterocycles. The number of aromatic amines is 1. The van der Waals surface area contributed by atoms with Crippen LogP contribution in [0.3, 0.4) is 0 Å². The largest absolute Gasteiger partial charge is 0.435 e. The van der Waals surface area contributed by atoms with Crippen molar-refractivity contribution in [1.82, 2.24) is 20.2 Å². The molecule has 0 aliphatic carbocycles. The van der Waals surface area contributed by atoms with Gasteiger partial charge in [-0.3, -0.25) is 15.2 Å². The summed E-state index contributed by atoms with van der Waals surface area (Å²) in [6, 6.07) is 26.7. The lowest BCUT2D eigenvalue weighted by molar-refractivity contribution is -0.384. The molecule has 0 aliphatic rings. The Labute approximate surface area is 226 Å². The van der Waals surface area contributed by atoms with Gasteiger partial charge in [-0.1, -0.05) is 42.0 Å². The molecule has 8 rings (SSSR count). The zero-order valence-electron chi connectivity index (χ0n) is 21.2. The number of hydrogen-bond acceptors (Lipinski definition) is 6. The van der Waals surface area contributed by atoms with E-state index >= 15 is 0 Å². The Morgan fingerprint density at radius 2 is 1.50 bits per heavy atom. The van der Waals surface area contributed by atoms with Crippen molar-refractivity contribution >= 4 is 60.3 Å². The average Bonchev–Trinajstić information content (AvgIpc) is 3.65. The van der Waals surface area contributed by atoms with Crippen LogP contribution in [-0.2, 0) is 0 Å². The number of non-ortho nitro benzene ring substituents is 1. The summed E-state index contributed by atoms with van der Waals surface area (Å²) < 4.78 is 6.60. The number of fused-ring (bicyclic) bond motifs is 9. The number of pyridine rings is 1. The minimum Gasteiger partial charge on any atom is -0.435 e. The third-order valence-electron chi connectivity index (χ3n) is 7.53. The van der Waals surface area contributed by atoms with Crippen LogP contribution in [0.15, 0.2) is 95.5 Å². The molecule has 0 bridgehead atoms. The van der Waals surface area contributed by atoms with Crippen LogP contribution in [0, 0.1) is 17.0 Å². The molecule has 0 atom stereocenters. The monoisotopic (exact) mass is 521 g/mol. The molecule has 3 aromatic heterocycles. The molecule has 5 aromatic carbocycles. The summed E-state index contributed by atoms with van der Waals surface area (Å²) in [5.41, 5.74) is 7.51. The van der Waals surface area contributed by atoms with Gasteiger partial charge in [0.1, 0.15) is 5.52 Å². The van der Waals surface area contributed by atoms with Gasteiger partial charge in [0.15, 0.2) is 5.58 Å². The summed E-state index contributed by atoms with van der Waals surface area (Å²) in [5.74, 6) is 0.518. The summed E-state index contributed by atoms with van der Waals surface area (Å²) in [7, 11) is 0. The highest BCUT2D eigenvalue weighted by Crippen LogP contribution is 2.45. The predicted octanol–water partition coefficient (Wildman–Crippen LogP) is 8.11. The fourth-order valence-corrected chi connectivity index (χ4v) is 5.62. The normalized spacial score (nSPS) is 11.8. The highest BCUT2D eigenvalue weighted by molar-refractivity contribution is 6.30. The highest BCUT2D eigenvalue weighted by Gasteiger charge is 2.23. The molecule has 0 saturated carbocycles. The molecular weight excluding hydrogens is 502 g/mol. The van der Waals surface area contributed by atoms with E-state index in [9.17, 15) is 10.1 Å². The van der Waals surface area contributed by atoms with Crippen LogP contribution >= 0.6 is 0 Å². The SMILES string of the molecule is Cc1ccc(-c2nc3c4ccccc4c4nc5ccc6[nH]ncc6c5c(-c5ccc([N+](=O)[O-])cc5)c4c3o2)cc1. The smallest absolute Gasteiger partial charge is 0.269 e. The van der Waals surface area contributed by atoms with E-state index in [0.717, 1.165) is 71.3 Å². The third-order valence-corrected chi connectivity index (χ3v) is 7.53. The summed E-state index contributed by atoms with van der Waals surface area (Å²) in [6.45, 7) is 2.04. The molecule has 0 unspecified atom stereocenters. The molecule has 3 heterocycles. The number of benzene rings is 5. The van der Waals surface area contributed by atoms with Crippen LogP contribution in [0.25, 0.3) is 77.2 Å². The number of H-pyrrole nitrogens is 1. The van der Waals surface area contributed by atoms with E-state index in [2.05, 4.69) is 10.2 Å². The van der Waals surface area contributed by atoms with Gasteiger partial charge < -0.3 is 4.42 Å². The summed E-state index contributed by atoms with van der Waals surface area (Å²) in [6.07, 6.45) is 1.79. The topological polar surface area (TPSA) is 111 Å². The van der Waals surface area contributed by atoms with Gasteiger partial charge in [0, 0.05) is 44.8 Å². The molecule has 1 N–H and O–H groups in total. The van der Waals surface area contributed by atoms with E-state index in [4.69, 9.17) is 14.4 Å². The number of rotatable bonds is 3. The average molecular weight is 522 g/mol. The maximum absolute atomic E-state index is 11.5. The van der Waals surface area contributed by atoms with Crippen molar-refractivity contribution in [2.24, 2.45) is 0 Å². The molecule has 8 heteroatoms. The second-order valence-corrected chi connectivity index (χ2v) is 9.91. The van der Waals surface area contributed by atoms with E-state index in [1.807, 2.05) is 67.6 Å². The van der Waals surface area contributed by atoms with Gasteiger partial charge in [-0.15, -0.1) is 0 Å². The zero-order chi connectivity index (χ0) is 27.0. The molecule has 0 saturated heterocycles. The molecule has 0 radical (unpaired) electrons. The number of nitro groups is 1. The Hall–Kier alpha value is -5.63. The van der Waals surface area contributed by atoms with E-state index < -0.39 is 4.92 Å². The second-order valence-electron chi connectivity index (χ2n) is 9.91. The van der Waals surface area contributed by atoms with E-state index in [-0.39, 0.29) is 5.69 Å². The predicted molar refractivity (Wildman–Crippen MR) is 156 cm³/mol. The molecular formula is C32H19N5O3. The third kappa shape index (κ3) is 3.16. The number of nitrogens with zero attached hydrogens (tertiary/aromatic N) is 4. The van der Waals surface area contributed by atoms with Gasteiger partial charge in [-0.05, 0) is 48.9 Å². The quantitative estimate of drug-likeness (QED) is 0.109. The Balaban J connectivity index is 1.61. The molecule has 8 nitrogen and oxygen atoms in total. The highest BCUT2D eigenvalue weighted by atomic mass is 16.6. The van der Waals surface area contributed by atoms with Gasteiger partial charge in [-0.25, -0.2) is 9.97 Å². The van der Waals surface area contributed by atoms with Crippen molar-refractivity contribution in [3.05, 3.63) is 107 Å². The van der Waals surface area contributed by atoms with Crippen molar-refractivity contribution in [1.29, 1.82) is 0 Å². The Bertz CT molecular complexity index is 2300. The molecule has 40 heavy (non-hydrogen) atoms. The Morgan fingerprint density at radius 3 is 2.25 bits per heavy atom. The first kappa shape index (κ1) is 22.4. The standard InChI is InChI=1S/C32H19N5O3/c1-17-6-8-19(9-7-17)32-35-30-22-5-3-2-4-21(22)29-28(31(30)40-32)26(18-10-12-20(13-11-18)37(38)39)27-23-16-33-36-24(23)14-15-25(27)34-29/h2-16H,1H3,(H,33,36). The fourth-order valence-electron chi connectivity index (χ4n) is 5.62. The van der Waals surface area contributed by atoms with Crippen molar-refractivity contribution in [2.45, 2.75) is 6.92 Å². The Kier molecular flexibility index (Phi) is 4.57. The van der Waals surface area contributed by atoms with Gasteiger partial charge in [0.05, 0.1) is 33.1 Å². The van der Waals surface area contributed by atoms with Crippen LogP contribution in [0.1, 0.15) is 5.56 Å². The minimum absolute atomic E-state index is 0.0248. The second kappa shape index (κ2) is 8.18. The molecule has 8 aromatic rings. The summed E-state index contributed by atoms with van der Waals surface area (Å²) >= 11 is 0. The van der Waals surface area contributed by atoms with Crippen molar-refractivity contribution < 1.29 is 9.34 Å². The fraction of sp³-hybridized carbons (Fsp3) is 0.0312. The van der Waals surface area contributed by atoms with Crippen LogP contribution in [0.2, 0.25) is 0 Å². The number of oxazole rings is 1. The first-order chi connectivity index (χ1) is 19.6. The van der Waals surface area contributed by atoms with E-state index in [1.54, 1.807) is 18.3 Å². The summed E-state index contributed by atoms with van der Waals surface area (Å²) in [5, 5.41) is 23.3. The minimum atomic E-state index is -0.392. The number of hydrogen-bond donors (Lipinski definition) is 1. The molecule has 0 spiro atoms. The van der Waals surface area contributed by atoms with Crippen molar-refractivity contribution in [3.8, 4) is 22.6 Å². The van der Waals surface area contributed by atoms with E-state index in [0.29, 0.717) is 11.5 Å². The summed E-state index contributed by atoms with van der Waals surface area (Å²) in [4.78, 5) is 21.2. The maximum atomic E-state index is 11.5. The number of nitro benzene ring substituents is 1. The lowest BCUT2D eigenvalue weighted by atomic mass is 9.92. The van der Waals surface area contributed by atoms with Gasteiger partial charge >= 0.3 is 0 Å². The van der Waals surface area contributed by atoms with Crippen molar-refractivity contribution in [3.63, 3.8) is 0 Å². The van der Waals surface area contributed by atoms with Gasteiger partial charge in [0.2, 0.25) is 5.89 Å². The van der Waals surface area contributed by atoms with Crippen LogP contribution in [0.5, 0.6) is 0 Å². The van der Waals surface area contributed by atoms with Crippen LogP contribution < -0.4 is 0 Å².